The fourth-order valence-corrected chi connectivity index (χ4v) is 2.16. The van der Waals surface area contributed by atoms with Gasteiger partial charge in [0.25, 0.3) is 0 Å². The summed E-state index contributed by atoms with van der Waals surface area (Å²) < 4.78 is 5.25. The second kappa shape index (κ2) is 6.20. The molecule has 0 aliphatic carbocycles. The van der Waals surface area contributed by atoms with Crippen LogP contribution in [0.4, 0.5) is 0 Å². The molecular formula is C16H25NO2. The molecule has 0 unspecified atom stereocenters. The smallest absolute Gasteiger partial charge is 0.320 e. The number of hydrogen-bond donors (Lipinski definition) is 1. The number of nitrogens with one attached hydrogen (secondary N) is 1. The predicted molar refractivity (Wildman–Crippen MR) is 78.2 cm³/mol. The summed E-state index contributed by atoms with van der Waals surface area (Å²) in [5.74, 6) is -0.213. The average molecular weight is 263 g/mol. The minimum atomic E-state index is -0.422. The van der Waals surface area contributed by atoms with E-state index in [1.807, 2.05) is 20.8 Å². The molecule has 0 amide bonds. The van der Waals surface area contributed by atoms with Crippen LogP contribution in [0.1, 0.15) is 43.0 Å². The Hall–Kier alpha value is -1.35. The number of carbonyl (C=O) groups is 1. The highest BCUT2D eigenvalue weighted by atomic mass is 16.6. The van der Waals surface area contributed by atoms with Gasteiger partial charge in [-0.25, -0.2) is 0 Å². The first-order valence-corrected chi connectivity index (χ1v) is 6.68. The Bertz CT molecular complexity index is 435. The molecule has 0 bridgehead atoms. The molecule has 3 heteroatoms. The third-order valence-corrected chi connectivity index (χ3v) is 2.83. The third-order valence-electron chi connectivity index (χ3n) is 2.83. The molecule has 1 aromatic rings. The standard InChI is InChI=1S/C16H25NO2/c1-11-7-12(2)14(13(3)8-11)9-17-10-15(18)19-16(4,5)6/h7-8,17H,9-10H2,1-6H3. The fourth-order valence-electron chi connectivity index (χ4n) is 2.16. The summed E-state index contributed by atoms with van der Waals surface area (Å²) in [4.78, 5) is 11.6. The van der Waals surface area contributed by atoms with Gasteiger partial charge in [-0.15, -0.1) is 0 Å². The zero-order valence-corrected chi connectivity index (χ0v) is 12.9. The van der Waals surface area contributed by atoms with E-state index in [4.69, 9.17) is 4.74 Å². The lowest BCUT2D eigenvalue weighted by Crippen LogP contribution is -2.31. The third kappa shape index (κ3) is 5.43. The molecule has 0 aliphatic rings. The van der Waals surface area contributed by atoms with Gasteiger partial charge < -0.3 is 10.1 Å². The number of carbonyl (C=O) groups excluding carboxylic acids is 1. The molecule has 0 radical (unpaired) electrons. The molecular weight excluding hydrogens is 238 g/mol. The van der Waals surface area contributed by atoms with Crippen molar-refractivity contribution in [2.75, 3.05) is 6.54 Å². The largest absolute Gasteiger partial charge is 0.459 e. The summed E-state index contributed by atoms with van der Waals surface area (Å²) in [6.07, 6.45) is 0. The molecule has 0 saturated carbocycles. The van der Waals surface area contributed by atoms with Crippen LogP contribution in [0.15, 0.2) is 12.1 Å². The van der Waals surface area contributed by atoms with Gasteiger partial charge in [0.1, 0.15) is 5.60 Å². The van der Waals surface area contributed by atoms with Crippen molar-refractivity contribution in [3.05, 3.63) is 34.4 Å². The topological polar surface area (TPSA) is 38.3 Å². The molecule has 3 nitrogen and oxygen atoms in total. The van der Waals surface area contributed by atoms with Crippen LogP contribution in [0.25, 0.3) is 0 Å². The van der Waals surface area contributed by atoms with Crippen LogP contribution in [0.5, 0.6) is 0 Å². The summed E-state index contributed by atoms with van der Waals surface area (Å²) in [6, 6.07) is 4.33. The van der Waals surface area contributed by atoms with E-state index in [-0.39, 0.29) is 12.5 Å². The second-order valence-electron chi connectivity index (χ2n) is 6.07. The maximum atomic E-state index is 11.6. The Morgan fingerprint density at radius 2 is 1.68 bits per heavy atom. The maximum absolute atomic E-state index is 11.6. The van der Waals surface area contributed by atoms with Gasteiger partial charge >= 0.3 is 5.97 Å². The number of benzene rings is 1. The van der Waals surface area contributed by atoms with Gasteiger partial charge in [-0.1, -0.05) is 17.7 Å². The highest BCUT2D eigenvalue weighted by Gasteiger charge is 2.15. The van der Waals surface area contributed by atoms with Crippen LogP contribution in [0, 0.1) is 20.8 Å². The van der Waals surface area contributed by atoms with Crippen molar-refractivity contribution in [1.29, 1.82) is 0 Å². The Balaban J connectivity index is 2.52. The summed E-state index contributed by atoms with van der Waals surface area (Å²) >= 11 is 0. The van der Waals surface area contributed by atoms with Crippen molar-refractivity contribution in [2.24, 2.45) is 0 Å². The van der Waals surface area contributed by atoms with Crippen molar-refractivity contribution in [1.82, 2.24) is 5.32 Å². The monoisotopic (exact) mass is 263 g/mol. The molecule has 0 spiro atoms. The van der Waals surface area contributed by atoms with Crippen LogP contribution >= 0.6 is 0 Å². The van der Waals surface area contributed by atoms with Crippen LogP contribution < -0.4 is 5.32 Å². The second-order valence-corrected chi connectivity index (χ2v) is 6.07. The Kier molecular flexibility index (Phi) is 5.12. The van der Waals surface area contributed by atoms with Crippen LogP contribution in [0.2, 0.25) is 0 Å². The lowest BCUT2D eigenvalue weighted by atomic mass is 10.00. The lowest BCUT2D eigenvalue weighted by Gasteiger charge is -2.20. The van der Waals surface area contributed by atoms with E-state index >= 15 is 0 Å². The van der Waals surface area contributed by atoms with Gasteiger partial charge in [0.15, 0.2) is 0 Å². The summed E-state index contributed by atoms with van der Waals surface area (Å²) in [6.45, 7) is 12.9. The average Bonchev–Trinajstić information content (AvgIpc) is 2.19. The van der Waals surface area contributed by atoms with E-state index in [2.05, 4.69) is 38.2 Å². The molecule has 0 aromatic heterocycles. The van der Waals surface area contributed by atoms with Gasteiger partial charge in [0.2, 0.25) is 0 Å². The Morgan fingerprint density at radius 1 is 1.16 bits per heavy atom. The first kappa shape index (κ1) is 15.7. The molecule has 0 heterocycles. The molecule has 0 saturated heterocycles. The first-order chi connectivity index (χ1) is 8.69. The normalized spacial score (nSPS) is 11.5. The number of ether oxygens (including phenoxy) is 1. The van der Waals surface area contributed by atoms with E-state index in [1.54, 1.807) is 0 Å². The number of esters is 1. The summed E-state index contributed by atoms with van der Waals surface area (Å²) in [5.41, 5.74) is 4.62. The molecule has 0 aliphatic heterocycles. The maximum Gasteiger partial charge on any atom is 0.320 e. The van der Waals surface area contributed by atoms with Crippen molar-refractivity contribution >= 4 is 5.97 Å². The zero-order valence-electron chi connectivity index (χ0n) is 12.9. The molecule has 0 fully saturated rings. The lowest BCUT2D eigenvalue weighted by molar-refractivity contribution is -0.153. The first-order valence-electron chi connectivity index (χ1n) is 6.68. The summed E-state index contributed by atoms with van der Waals surface area (Å²) in [7, 11) is 0. The van der Waals surface area contributed by atoms with Gasteiger partial charge in [-0.05, 0) is 58.2 Å². The highest BCUT2D eigenvalue weighted by Crippen LogP contribution is 2.16. The van der Waals surface area contributed by atoms with Crippen LogP contribution in [0.3, 0.4) is 0 Å². The van der Waals surface area contributed by atoms with Gasteiger partial charge in [0, 0.05) is 6.54 Å². The van der Waals surface area contributed by atoms with E-state index in [1.165, 1.54) is 22.3 Å². The van der Waals surface area contributed by atoms with E-state index < -0.39 is 5.60 Å². The number of hydrogen-bond acceptors (Lipinski definition) is 3. The fraction of sp³-hybridized carbons (Fsp3) is 0.562. The SMILES string of the molecule is Cc1cc(C)c(CNCC(=O)OC(C)(C)C)c(C)c1. The molecule has 1 rings (SSSR count). The predicted octanol–water partition coefficient (Wildman–Crippen LogP) is 3.04. The van der Waals surface area contributed by atoms with Gasteiger partial charge in [-0.3, -0.25) is 4.79 Å². The minimum Gasteiger partial charge on any atom is -0.459 e. The van der Waals surface area contributed by atoms with Crippen LogP contribution in [-0.4, -0.2) is 18.1 Å². The summed E-state index contributed by atoms with van der Waals surface area (Å²) in [5, 5.41) is 3.15. The van der Waals surface area contributed by atoms with Gasteiger partial charge in [0.05, 0.1) is 6.54 Å². The van der Waals surface area contributed by atoms with Crippen LogP contribution in [-0.2, 0) is 16.1 Å². The Morgan fingerprint density at radius 3 is 2.16 bits per heavy atom. The van der Waals surface area contributed by atoms with E-state index in [0.717, 1.165) is 0 Å². The minimum absolute atomic E-state index is 0.213. The molecule has 19 heavy (non-hydrogen) atoms. The Labute approximate surface area is 116 Å². The van der Waals surface area contributed by atoms with Crippen molar-refractivity contribution in [3.8, 4) is 0 Å². The molecule has 1 N–H and O–H groups in total. The molecule has 1 aromatic carbocycles. The highest BCUT2D eigenvalue weighted by molar-refractivity contribution is 5.72. The van der Waals surface area contributed by atoms with E-state index in [9.17, 15) is 4.79 Å². The molecule has 0 atom stereocenters. The number of rotatable bonds is 4. The zero-order chi connectivity index (χ0) is 14.6. The van der Waals surface area contributed by atoms with Crippen molar-refractivity contribution in [2.45, 2.75) is 53.7 Å². The number of aryl methyl sites for hydroxylation is 3. The van der Waals surface area contributed by atoms with Gasteiger partial charge in [-0.2, -0.15) is 0 Å². The van der Waals surface area contributed by atoms with Crippen molar-refractivity contribution < 1.29 is 9.53 Å². The quantitative estimate of drug-likeness (QED) is 0.849. The molecule has 106 valence electrons. The van der Waals surface area contributed by atoms with Crippen molar-refractivity contribution in [3.63, 3.8) is 0 Å². The van der Waals surface area contributed by atoms with E-state index in [0.29, 0.717) is 6.54 Å².